The van der Waals surface area contributed by atoms with Crippen molar-refractivity contribution in [2.75, 3.05) is 13.1 Å². The molecule has 7 heteroatoms. The second-order valence-electron chi connectivity index (χ2n) is 7.34. The normalized spacial score (nSPS) is 15.7. The summed E-state index contributed by atoms with van der Waals surface area (Å²) in [5.41, 5.74) is 1.67. The van der Waals surface area contributed by atoms with Gasteiger partial charge in [-0.1, -0.05) is 13.8 Å². The number of rotatable bonds is 4. The fourth-order valence-electron chi connectivity index (χ4n) is 3.36. The highest BCUT2D eigenvalue weighted by atomic mass is 32.1. The quantitative estimate of drug-likeness (QED) is 0.825. The number of carbonyl (C=O) groups excluding carboxylic acids is 1. The summed E-state index contributed by atoms with van der Waals surface area (Å²) in [6, 6.07) is 1.64. The lowest BCUT2D eigenvalue weighted by atomic mass is 9.96. The molecule has 3 rings (SSSR count). The molecule has 1 aliphatic heterocycles. The van der Waals surface area contributed by atoms with Crippen LogP contribution in [0.3, 0.4) is 0 Å². The van der Waals surface area contributed by atoms with E-state index in [0.717, 1.165) is 47.2 Å². The smallest absolute Gasteiger partial charge is 0.265 e. The Morgan fingerprint density at radius 3 is 2.54 bits per heavy atom. The number of thiazole rings is 1. The molecule has 6 nitrogen and oxygen atoms in total. The summed E-state index contributed by atoms with van der Waals surface area (Å²) in [7, 11) is 0. The third kappa shape index (κ3) is 4.03. The van der Waals surface area contributed by atoms with Gasteiger partial charge < -0.3 is 4.90 Å². The minimum atomic E-state index is 0.0120. The Hall–Kier alpha value is -2.02. The second-order valence-corrected chi connectivity index (χ2v) is 8.55. The number of hydrogen-bond acceptors (Lipinski definition) is 5. The van der Waals surface area contributed by atoms with Gasteiger partial charge in [0.25, 0.3) is 11.5 Å². The zero-order valence-corrected chi connectivity index (χ0v) is 16.7. The van der Waals surface area contributed by atoms with Gasteiger partial charge in [-0.25, -0.2) is 9.97 Å². The summed E-state index contributed by atoms with van der Waals surface area (Å²) in [5.74, 6) is 0.741. The molecule has 3 heterocycles. The summed E-state index contributed by atoms with van der Waals surface area (Å²) in [6.45, 7) is 10.0. The minimum absolute atomic E-state index is 0.0120. The van der Waals surface area contributed by atoms with E-state index in [0.29, 0.717) is 12.5 Å². The van der Waals surface area contributed by atoms with E-state index in [1.165, 1.54) is 11.3 Å². The van der Waals surface area contributed by atoms with E-state index in [4.69, 9.17) is 0 Å². The van der Waals surface area contributed by atoms with Crippen molar-refractivity contribution in [2.24, 2.45) is 5.92 Å². The lowest BCUT2D eigenvalue weighted by Crippen LogP contribution is -2.40. The third-order valence-electron chi connectivity index (χ3n) is 4.95. The molecule has 0 N–H and O–H groups in total. The number of aromatic nitrogens is 3. The van der Waals surface area contributed by atoms with Crippen LogP contribution in [0.15, 0.2) is 17.2 Å². The largest absolute Gasteiger partial charge is 0.338 e. The highest BCUT2D eigenvalue weighted by molar-refractivity contribution is 7.13. The highest BCUT2D eigenvalue weighted by Gasteiger charge is 2.26. The van der Waals surface area contributed by atoms with Crippen molar-refractivity contribution >= 4 is 17.2 Å². The van der Waals surface area contributed by atoms with E-state index < -0.39 is 0 Å². The zero-order valence-electron chi connectivity index (χ0n) is 15.9. The van der Waals surface area contributed by atoms with Gasteiger partial charge in [0.1, 0.15) is 4.88 Å². The molecule has 1 aliphatic rings. The van der Waals surface area contributed by atoms with E-state index in [9.17, 15) is 9.59 Å². The summed E-state index contributed by atoms with van der Waals surface area (Å²) in [4.78, 5) is 36.4. The molecular formula is C19H26N4O2S. The zero-order chi connectivity index (χ0) is 18.8. The first kappa shape index (κ1) is 18.8. The van der Waals surface area contributed by atoms with E-state index in [-0.39, 0.29) is 17.4 Å². The summed E-state index contributed by atoms with van der Waals surface area (Å²) in [5, 5.41) is 0.928. The van der Waals surface area contributed by atoms with Crippen molar-refractivity contribution < 1.29 is 4.79 Å². The second kappa shape index (κ2) is 7.70. The fraction of sp³-hybridized carbons (Fsp3) is 0.579. The Morgan fingerprint density at radius 2 is 2.00 bits per heavy atom. The lowest BCUT2D eigenvalue weighted by molar-refractivity contribution is 0.0686. The molecule has 0 radical (unpaired) electrons. The number of hydrogen-bond donors (Lipinski definition) is 0. The van der Waals surface area contributed by atoms with Gasteiger partial charge in [0, 0.05) is 25.7 Å². The number of likely N-dealkylation sites (tertiary alicyclic amines) is 1. The van der Waals surface area contributed by atoms with Gasteiger partial charge in [0.05, 0.1) is 22.7 Å². The Balaban J connectivity index is 1.60. The van der Waals surface area contributed by atoms with Crippen LogP contribution in [0.4, 0.5) is 0 Å². The monoisotopic (exact) mass is 374 g/mol. The SMILES string of the molecule is Cc1nc(C)c(C(=O)N2CCC(Cn3cnc(C(C)C)cc3=O)CC2)s1. The highest BCUT2D eigenvalue weighted by Crippen LogP contribution is 2.24. The van der Waals surface area contributed by atoms with Crippen molar-refractivity contribution in [3.63, 3.8) is 0 Å². The molecule has 1 fully saturated rings. The Morgan fingerprint density at radius 1 is 1.31 bits per heavy atom. The van der Waals surface area contributed by atoms with Crippen LogP contribution < -0.4 is 5.56 Å². The van der Waals surface area contributed by atoms with Crippen LogP contribution in [-0.2, 0) is 6.54 Å². The van der Waals surface area contributed by atoms with Crippen LogP contribution in [0, 0.1) is 19.8 Å². The van der Waals surface area contributed by atoms with Gasteiger partial charge in [0.15, 0.2) is 0 Å². The van der Waals surface area contributed by atoms with E-state index in [1.54, 1.807) is 17.0 Å². The van der Waals surface area contributed by atoms with Gasteiger partial charge >= 0.3 is 0 Å². The maximum Gasteiger partial charge on any atom is 0.265 e. The van der Waals surface area contributed by atoms with Gasteiger partial charge in [-0.05, 0) is 38.5 Å². The van der Waals surface area contributed by atoms with Crippen molar-refractivity contribution in [1.82, 2.24) is 19.4 Å². The Bertz CT molecular complexity index is 847. The molecule has 1 saturated heterocycles. The minimum Gasteiger partial charge on any atom is -0.338 e. The van der Waals surface area contributed by atoms with Crippen molar-refractivity contribution in [3.8, 4) is 0 Å². The Labute approximate surface area is 157 Å². The number of amides is 1. The fourth-order valence-corrected chi connectivity index (χ4v) is 4.25. The number of carbonyl (C=O) groups is 1. The van der Waals surface area contributed by atoms with Crippen LogP contribution >= 0.6 is 11.3 Å². The molecule has 0 unspecified atom stereocenters. The maximum absolute atomic E-state index is 12.7. The third-order valence-corrected chi connectivity index (χ3v) is 6.01. The molecular weight excluding hydrogens is 348 g/mol. The molecule has 2 aromatic rings. The predicted molar refractivity (Wildman–Crippen MR) is 103 cm³/mol. The van der Waals surface area contributed by atoms with Crippen molar-refractivity contribution in [1.29, 1.82) is 0 Å². The molecule has 26 heavy (non-hydrogen) atoms. The average Bonchev–Trinajstić information content (AvgIpc) is 2.95. The Kier molecular flexibility index (Phi) is 5.55. The van der Waals surface area contributed by atoms with E-state index >= 15 is 0 Å². The van der Waals surface area contributed by atoms with Crippen LogP contribution in [0.5, 0.6) is 0 Å². The number of nitrogens with zero attached hydrogens (tertiary/aromatic N) is 4. The van der Waals surface area contributed by atoms with Crippen LogP contribution in [0.1, 0.15) is 58.7 Å². The van der Waals surface area contributed by atoms with Gasteiger partial charge in [0.2, 0.25) is 0 Å². The molecule has 0 aromatic carbocycles. The summed E-state index contributed by atoms with van der Waals surface area (Å²) >= 11 is 1.47. The number of piperidine rings is 1. The van der Waals surface area contributed by atoms with Gasteiger partial charge in [-0.3, -0.25) is 14.2 Å². The molecule has 0 atom stereocenters. The van der Waals surface area contributed by atoms with Crippen molar-refractivity contribution in [3.05, 3.63) is 44.0 Å². The van der Waals surface area contributed by atoms with E-state index in [2.05, 4.69) is 9.97 Å². The topological polar surface area (TPSA) is 68.1 Å². The predicted octanol–water partition coefficient (Wildman–Crippen LogP) is 2.99. The standard InChI is InChI=1S/C19H26N4O2S/c1-12(2)16-9-17(24)23(11-20-16)10-15-5-7-22(8-6-15)19(25)18-13(3)21-14(4)26-18/h9,11-12,15H,5-8,10H2,1-4H3. The molecule has 0 aliphatic carbocycles. The molecule has 140 valence electrons. The first-order chi connectivity index (χ1) is 12.3. The van der Waals surface area contributed by atoms with Crippen LogP contribution in [-0.4, -0.2) is 38.4 Å². The molecule has 1 amide bonds. The maximum atomic E-state index is 12.7. The average molecular weight is 375 g/mol. The summed E-state index contributed by atoms with van der Waals surface area (Å²) in [6.07, 6.45) is 3.47. The molecule has 0 bridgehead atoms. The first-order valence-corrected chi connectivity index (χ1v) is 9.96. The van der Waals surface area contributed by atoms with Crippen molar-refractivity contribution in [2.45, 2.75) is 53.0 Å². The van der Waals surface area contributed by atoms with Crippen LogP contribution in [0.2, 0.25) is 0 Å². The first-order valence-electron chi connectivity index (χ1n) is 9.15. The number of aryl methyl sites for hydroxylation is 2. The summed E-state index contributed by atoms with van der Waals surface area (Å²) < 4.78 is 1.70. The van der Waals surface area contributed by atoms with Gasteiger partial charge in [-0.15, -0.1) is 11.3 Å². The molecule has 0 saturated carbocycles. The van der Waals surface area contributed by atoms with Crippen LogP contribution in [0.25, 0.3) is 0 Å². The molecule has 2 aromatic heterocycles. The molecule has 0 spiro atoms. The lowest BCUT2D eigenvalue weighted by Gasteiger charge is -2.32. The van der Waals surface area contributed by atoms with Gasteiger partial charge in [-0.2, -0.15) is 0 Å². The van der Waals surface area contributed by atoms with E-state index in [1.807, 2.05) is 32.6 Å².